The molecule has 140 valence electrons. The minimum absolute atomic E-state index is 0.119. The monoisotopic (exact) mass is 365 g/mol. The lowest BCUT2D eigenvalue weighted by Crippen LogP contribution is -2.24. The number of amides is 1. The first-order valence-electron chi connectivity index (χ1n) is 8.65. The third-order valence-electron chi connectivity index (χ3n) is 4.45. The summed E-state index contributed by atoms with van der Waals surface area (Å²) in [4.78, 5) is 18.3. The summed E-state index contributed by atoms with van der Waals surface area (Å²) in [7, 11) is 5.11. The van der Waals surface area contributed by atoms with E-state index >= 15 is 0 Å². The number of nitrogens with one attached hydrogen (secondary N) is 1. The molecular formula is C21H23N3O3. The van der Waals surface area contributed by atoms with Crippen LogP contribution in [0.4, 0.5) is 5.82 Å². The molecule has 6 heteroatoms. The number of rotatable bonds is 6. The number of hydrogen-bond acceptors (Lipinski definition) is 5. The van der Waals surface area contributed by atoms with Crippen LogP contribution in [0.25, 0.3) is 17.0 Å². The van der Waals surface area contributed by atoms with E-state index in [1.54, 1.807) is 38.4 Å². The predicted octanol–water partition coefficient (Wildman–Crippen LogP) is 3.86. The van der Waals surface area contributed by atoms with Crippen LogP contribution >= 0.6 is 0 Å². The summed E-state index contributed by atoms with van der Waals surface area (Å²) in [6.45, 7) is 2.42. The molecule has 0 aliphatic heterocycles. The number of nitrogens with zero attached hydrogens (tertiary/aromatic N) is 2. The molecule has 1 amide bonds. The molecule has 3 rings (SSSR count). The third-order valence-corrected chi connectivity index (χ3v) is 4.45. The van der Waals surface area contributed by atoms with Gasteiger partial charge in [0.15, 0.2) is 11.6 Å². The Morgan fingerprint density at radius 2 is 2.15 bits per heavy atom. The molecule has 27 heavy (non-hydrogen) atoms. The van der Waals surface area contributed by atoms with Crippen LogP contribution in [0.3, 0.4) is 0 Å². The van der Waals surface area contributed by atoms with Crippen molar-refractivity contribution in [2.24, 2.45) is 0 Å². The normalized spacial score (nSPS) is 11.1. The number of pyridine rings is 1. The number of hydrogen-bond donors (Lipinski definition) is 1. The highest BCUT2D eigenvalue weighted by atomic mass is 16.5. The number of furan rings is 1. The number of benzene rings is 1. The Balaban J connectivity index is 1.71. The van der Waals surface area contributed by atoms with E-state index in [4.69, 9.17) is 9.15 Å². The molecule has 1 N–H and O–H groups in total. The van der Waals surface area contributed by atoms with E-state index in [2.05, 4.69) is 10.3 Å². The lowest BCUT2D eigenvalue weighted by atomic mass is 10.1. The van der Waals surface area contributed by atoms with Gasteiger partial charge in [0.25, 0.3) is 0 Å². The molecule has 0 radical (unpaired) electrons. The standard InChI is InChI=1S/C21H23N3O3/c1-14-16-7-5-6-8-17(16)27-19(14)13-24(3)20(25)10-9-15-11-18(26-4)21(22-2)23-12-15/h5-12H,13H2,1-4H3,(H,22,23)/b10-9+. The molecule has 0 aliphatic carbocycles. The summed E-state index contributed by atoms with van der Waals surface area (Å²) in [6.07, 6.45) is 4.92. The number of anilines is 1. The molecule has 0 aliphatic rings. The van der Waals surface area contributed by atoms with E-state index < -0.39 is 0 Å². The first kappa shape index (κ1) is 18.5. The fraction of sp³-hybridized carbons (Fsp3) is 0.238. The molecule has 0 saturated heterocycles. The molecule has 0 atom stereocenters. The van der Waals surface area contributed by atoms with Crippen molar-refractivity contribution in [1.82, 2.24) is 9.88 Å². The zero-order valence-corrected chi connectivity index (χ0v) is 15.9. The van der Waals surface area contributed by atoms with E-state index in [-0.39, 0.29) is 5.91 Å². The van der Waals surface area contributed by atoms with Gasteiger partial charge in [-0.2, -0.15) is 0 Å². The minimum Gasteiger partial charge on any atom is -0.493 e. The van der Waals surface area contributed by atoms with Crippen LogP contribution in [0.5, 0.6) is 5.75 Å². The summed E-state index contributed by atoms with van der Waals surface area (Å²) in [5, 5.41) is 4.03. The van der Waals surface area contributed by atoms with Gasteiger partial charge in [0.1, 0.15) is 11.3 Å². The highest BCUT2D eigenvalue weighted by molar-refractivity contribution is 5.91. The quantitative estimate of drug-likeness (QED) is 0.672. The number of ether oxygens (including phenoxy) is 1. The van der Waals surface area contributed by atoms with E-state index in [0.717, 1.165) is 27.9 Å². The molecule has 3 aromatic rings. The van der Waals surface area contributed by atoms with E-state index in [1.165, 1.54) is 6.08 Å². The molecule has 0 saturated carbocycles. The van der Waals surface area contributed by atoms with Crippen LogP contribution in [0.1, 0.15) is 16.9 Å². The average Bonchev–Trinajstić information content (AvgIpc) is 3.01. The van der Waals surface area contributed by atoms with E-state index in [1.807, 2.05) is 37.3 Å². The van der Waals surface area contributed by atoms with Gasteiger partial charge in [-0.25, -0.2) is 4.98 Å². The molecule has 0 unspecified atom stereocenters. The van der Waals surface area contributed by atoms with Crippen LogP contribution in [-0.4, -0.2) is 37.0 Å². The van der Waals surface area contributed by atoms with Gasteiger partial charge in [-0.15, -0.1) is 0 Å². The Labute approximate surface area is 158 Å². The Morgan fingerprint density at radius 1 is 1.37 bits per heavy atom. The number of fused-ring (bicyclic) bond motifs is 1. The third kappa shape index (κ3) is 3.95. The van der Waals surface area contributed by atoms with Crippen LogP contribution in [-0.2, 0) is 11.3 Å². The predicted molar refractivity (Wildman–Crippen MR) is 107 cm³/mol. The number of aromatic nitrogens is 1. The largest absolute Gasteiger partial charge is 0.493 e. The topological polar surface area (TPSA) is 67.6 Å². The Morgan fingerprint density at radius 3 is 2.85 bits per heavy atom. The van der Waals surface area contributed by atoms with Crippen LogP contribution in [0, 0.1) is 6.92 Å². The number of methoxy groups -OCH3 is 1. The lowest BCUT2D eigenvalue weighted by molar-refractivity contribution is -0.125. The van der Waals surface area contributed by atoms with Crippen molar-refractivity contribution in [3.63, 3.8) is 0 Å². The number of likely N-dealkylation sites (N-methyl/N-ethyl adjacent to an activating group) is 1. The summed E-state index contributed by atoms with van der Waals surface area (Å²) in [5.74, 6) is 1.95. The van der Waals surface area contributed by atoms with Crippen LogP contribution in [0.2, 0.25) is 0 Å². The SMILES string of the molecule is CNc1ncc(/C=C/C(=O)N(C)Cc2oc3ccccc3c2C)cc1OC. The van der Waals surface area contributed by atoms with Crippen molar-refractivity contribution in [2.75, 3.05) is 26.5 Å². The van der Waals surface area contributed by atoms with Crippen molar-refractivity contribution in [3.05, 3.63) is 59.5 Å². The molecule has 2 heterocycles. The first-order chi connectivity index (χ1) is 13.0. The van der Waals surface area contributed by atoms with Gasteiger partial charge in [-0.1, -0.05) is 18.2 Å². The van der Waals surface area contributed by atoms with Crippen LogP contribution in [0.15, 0.2) is 47.0 Å². The van der Waals surface area contributed by atoms with Gasteiger partial charge < -0.3 is 19.4 Å². The summed E-state index contributed by atoms with van der Waals surface area (Å²) in [5.41, 5.74) is 2.68. The molecule has 1 aromatic carbocycles. The second-order valence-corrected chi connectivity index (χ2v) is 6.24. The molecule has 0 fully saturated rings. The fourth-order valence-corrected chi connectivity index (χ4v) is 2.86. The first-order valence-corrected chi connectivity index (χ1v) is 8.65. The van der Waals surface area contributed by atoms with Gasteiger partial charge in [0, 0.05) is 37.3 Å². The smallest absolute Gasteiger partial charge is 0.246 e. The second kappa shape index (κ2) is 7.95. The van der Waals surface area contributed by atoms with E-state index in [9.17, 15) is 4.79 Å². The Hall–Kier alpha value is -3.28. The Bertz CT molecular complexity index is 992. The zero-order valence-electron chi connectivity index (χ0n) is 15.9. The van der Waals surface area contributed by atoms with Gasteiger partial charge in [0.2, 0.25) is 5.91 Å². The van der Waals surface area contributed by atoms with Crippen molar-refractivity contribution in [3.8, 4) is 5.75 Å². The summed E-state index contributed by atoms with van der Waals surface area (Å²) in [6, 6.07) is 9.70. The van der Waals surface area contributed by atoms with Gasteiger partial charge in [0.05, 0.1) is 13.7 Å². The maximum atomic E-state index is 12.5. The number of carbonyl (C=O) groups excluding carboxylic acids is 1. The van der Waals surface area contributed by atoms with E-state index in [0.29, 0.717) is 18.1 Å². The number of aryl methyl sites for hydroxylation is 1. The van der Waals surface area contributed by atoms with Crippen molar-refractivity contribution < 1.29 is 13.9 Å². The molecule has 0 spiro atoms. The molecule has 6 nitrogen and oxygen atoms in total. The van der Waals surface area contributed by atoms with Gasteiger partial charge in [-0.05, 0) is 30.7 Å². The Kier molecular flexibility index (Phi) is 5.45. The maximum absolute atomic E-state index is 12.5. The highest BCUT2D eigenvalue weighted by Crippen LogP contribution is 2.26. The minimum atomic E-state index is -0.119. The second-order valence-electron chi connectivity index (χ2n) is 6.24. The fourth-order valence-electron chi connectivity index (χ4n) is 2.86. The molecule has 2 aromatic heterocycles. The summed E-state index contributed by atoms with van der Waals surface area (Å²) < 4.78 is 11.2. The van der Waals surface area contributed by atoms with Gasteiger partial charge in [-0.3, -0.25) is 4.79 Å². The van der Waals surface area contributed by atoms with Gasteiger partial charge >= 0.3 is 0 Å². The number of para-hydroxylation sites is 1. The summed E-state index contributed by atoms with van der Waals surface area (Å²) >= 11 is 0. The van der Waals surface area contributed by atoms with Crippen molar-refractivity contribution in [1.29, 1.82) is 0 Å². The lowest BCUT2D eigenvalue weighted by Gasteiger charge is -2.14. The highest BCUT2D eigenvalue weighted by Gasteiger charge is 2.14. The number of carbonyl (C=O) groups is 1. The van der Waals surface area contributed by atoms with Crippen LogP contribution < -0.4 is 10.1 Å². The zero-order chi connectivity index (χ0) is 19.4. The average molecular weight is 365 g/mol. The maximum Gasteiger partial charge on any atom is 0.246 e. The van der Waals surface area contributed by atoms with Crippen molar-refractivity contribution >= 4 is 28.8 Å². The van der Waals surface area contributed by atoms with Crippen molar-refractivity contribution in [2.45, 2.75) is 13.5 Å². The molecular weight excluding hydrogens is 342 g/mol. The molecule has 0 bridgehead atoms.